The molecule has 0 aromatic heterocycles. The van der Waals surface area contributed by atoms with Gasteiger partial charge in [-0.25, -0.2) is 0 Å². The molecule has 0 saturated heterocycles. The normalized spacial score (nSPS) is 12.6. The van der Waals surface area contributed by atoms with Gasteiger partial charge < -0.3 is 4.74 Å². The summed E-state index contributed by atoms with van der Waals surface area (Å²) in [7, 11) is 0. The highest BCUT2D eigenvalue weighted by molar-refractivity contribution is 7.80. The van der Waals surface area contributed by atoms with Gasteiger partial charge in [-0.3, -0.25) is 0 Å². The monoisotopic (exact) mass is 266 g/mol. The molecule has 0 saturated carbocycles. The molecular weight excluding hydrogens is 240 g/mol. The molecule has 102 valence electrons. The van der Waals surface area contributed by atoms with Crippen molar-refractivity contribution in [3.8, 4) is 5.75 Å². The Morgan fingerprint density at radius 2 is 1.61 bits per heavy atom. The molecule has 0 amide bonds. The molecule has 0 bridgehead atoms. The van der Waals surface area contributed by atoms with Crippen molar-refractivity contribution in [2.45, 2.75) is 52.4 Å². The lowest BCUT2D eigenvalue weighted by Gasteiger charge is -2.27. The molecule has 0 radical (unpaired) electrons. The first kappa shape index (κ1) is 15.4. The van der Waals surface area contributed by atoms with Crippen molar-refractivity contribution >= 4 is 12.6 Å². The maximum Gasteiger partial charge on any atom is 0.123 e. The van der Waals surface area contributed by atoms with E-state index in [0.29, 0.717) is 6.61 Å². The fraction of sp³-hybridized carbons (Fsp3) is 0.625. The van der Waals surface area contributed by atoms with Gasteiger partial charge in [-0.1, -0.05) is 53.7 Å². The van der Waals surface area contributed by atoms with E-state index in [9.17, 15) is 0 Å². The van der Waals surface area contributed by atoms with Crippen LogP contribution in [0.4, 0.5) is 0 Å². The van der Waals surface area contributed by atoms with Crippen molar-refractivity contribution in [3.05, 3.63) is 29.3 Å². The van der Waals surface area contributed by atoms with Crippen LogP contribution in [-0.4, -0.2) is 12.4 Å². The number of ether oxygens (including phenoxy) is 1. The minimum atomic E-state index is 0.0905. The first-order valence-corrected chi connectivity index (χ1v) is 7.18. The van der Waals surface area contributed by atoms with Crippen LogP contribution < -0.4 is 4.74 Å². The Morgan fingerprint density at radius 1 is 1.00 bits per heavy atom. The van der Waals surface area contributed by atoms with E-state index in [1.54, 1.807) is 0 Å². The van der Waals surface area contributed by atoms with Crippen LogP contribution in [0.15, 0.2) is 18.2 Å². The molecule has 0 aliphatic rings. The van der Waals surface area contributed by atoms with E-state index in [1.807, 2.05) is 0 Å². The van der Waals surface area contributed by atoms with Crippen LogP contribution in [0.25, 0.3) is 0 Å². The van der Waals surface area contributed by atoms with Gasteiger partial charge in [0.05, 0.1) is 6.61 Å². The molecule has 1 rings (SSSR count). The zero-order chi connectivity index (χ0) is 14.0. The Bertz CT molecular complexity index is 397. The molecule has 0 spiro atoms. The summed E-state index contributed by atoms with van der Waals surface area (Å²) in [6.45, 7) is 14.0. The highest BCUT2D eigenvalue weighted by atomic mass is 32.1. The van der Waals surface area contributed by atoms with Crippen LogP contribution >= 0.6 is 12.6 Å². The predicted octanol–water partition coefficient (Wildman–Crippen LogP) is 4.59. The van der Waals surface area contributed by atoms with Gasteiger partial charge in [0.2, 0.25) is 0 Å². The van der Waals surface area contributed by atoms with Crippen LogP contribution in [0.1, 0.15) is 52.7 Å². The van der Waals surface area contributed by atoms with E-state index in [-0.39, 0.29) is 10.8 Å². The second-order valence-corrected chi connectivity index (χ2v) is 7.23. The van der Waals surface area contributed by atoms with Gasteiger partial charge in [-0.2, -0.15) is 12.6 Å². The van der Waals surface area contributed by atoms with Crippen LogP contribution in [0.2, 0.25) is 0 Å². The zero-order valence-electron chi connectivity index (χ0n) is 12.5. The molecular formula is C16H26OS. The summed E-state index contributed by atoms with van der Waals surface area (Å²) in [5, 5.41) is 0. The van der Waals surface area contributed by atoms with E-state index >= 15 is 0 Å². The average molecular weight is 266 g/mol. The first-order chi connectivity index (χ1) is 8.16. The van der Waals surface area contributed by atoms with Gasteiger partial charge in [-0.05, 0) is 28.0 Å². The fourth-order valence-electron chi connectivity index (χ4n) is 1.86. The molecule has 2 heteroatoms. The van der Waals surface area contributed by atoms with Crippen LogP contribution in [0.5, 0.6) is 5.75 Å². The van der Waals surface area contributed by atoms with Gasteiger partial charge in [0, 0.05) is 5.75 Å². The van der Waals surface area contributed by atoms with Crippen LogP contribution in [-0.2, 0) is 10.8 Å². The third kappa shape index (κ3) is 3.94. The molecule has 0 heterocycles. The molecule has 0 atom stereocenters. The largest absolute Gasteiger partial charge is 0.492 e. The van der Waals surface area contributed by atoms with E-state index in [4.69, 9.17) is 4.74 Å². The van der Waals surface area contributed by atoms with Crippen LogP contribution in [0, 0.1) is 0 Å². The second kappa shape index (κ2) is 5.56. The molecule has 1 aromatic carbocycles. The van der Waals surface area contributed by atoms with Gasteiger partial charge in [0.25, 0.3) is 0 Å². The minimum Gasteiger partial charge on any atom is -0.492 e. The maximum absolute atomic E-state index is 5.80. The summed E-state index contributed by atoms with van der Waals surface area (Å²) in [5.41, 5.74) is 2.89. The van der Waals surface area contributed by atoms with Gasteiger partial charge >= 0.3 is 0 Å². The van der Waals surface area contributed by atoms with Crippen molar-refractivity contribution in [3.63, 3.8) is 0 Å². The van der Waals surface area contributed by atoms with Crippen LogP contribution in [0.3, 0.4) is 0 Å². The van der Waals surface area contributed by atoms with E-state index < -0.39 is 0 Å². The van der Waals surface area contributed by atoms with Gasteiger partial charge in [-0.15, -0.1) is 0 Å². The summed E-state index contributed by atoms with van der Waals surface area (Å²) in [6.07, 6.45) is 0. The van der Waals surface area contributed by atoms with Crippen molar-refractivity contribution < 1.29 is 4.74 Å². The SMILES string of the molecule is CC(C)(C)c1ccc(OCCS)c(C(C)(C)C)c1. The summed E-state index contributed by atoms with van der Waals surface area (Å²) >= 11 is 4.20. The third-order valence-corrected chi connectivity index (χ3v) is 3.19. The predicted molar refractivity (Wildman–Crippen MR) is 83.2 cm³/mol. The highest BCUT2D eigenvalue weighted by Gasteiger charge is 2.22. The molecule has 0 fully saturated rings. The van der Waals surface area contributed by atoms with Gasteiger partial charge in [0.1, 0.15) is 5.75 Å². The lowest BCUT2D eigenvalue weighted by molar-refractivity contribution is 0.333. The Kier molecular flexibility index (Phi) is 4.77. The lowest BCUT2D eigenvalue weighted by atomic mass is 9.80. The number of rotatable bonds is 3. The quantitative estimate of drug-likeness (QED) is 0.787. The molecule has 0 unspecified atom stereocenters. The molecule has 0 N–H and O–H groups in total. The Labute approximate surface area is 117 Å². The van der Waals surface area contributed by atoms with Crippen molar-refractivity contribution in [1.29, 1.82) is 0 Å². The average Bonchev–Trinajstić information content (AvgIpc) is 2.23. The van der Waals surface area contributed by atoms with Crippen molar-refractivity contribution in [2.24, 2.45) is 0 Å². The summed E-state index contributed by atoms with van der Waals surface area (Å²) in [5.74, 6) is 1.73. The zero-order valence-corrected chi connectivity index (χ0v) is 13.4. The molecule has 1 nitrogen and oxygen atoms in total. The molecule has 0 aliphatic carbocycles. The number of hydrogen-bond donors (Lipinski definition) is 1. The smallest absolute Gasteiger partial charge is 0.123 e. The van der Waals surface area contributed by atoms with E-state index in [2.05, 4.69) is 72.4 Å². The van der Waals surface area contributed by atoms with Gasteiger partial charge in [0.15, 0.2) is 0 Å². The van der Waals surface area contributed by atoms with E-state index in [0.717, 1.165) is 11.5 Å². The molecule has 0 aliphatic heterocycles. The summed E-state index contributed by atoms with van der Waals surface area (Å²) in [6, 6.07) is 6.56. The number of thiol groups is 1. The Hall–Kier alpha value is -0.630. The topological polar surface area (TPSA) is 9.23 Å². The standard InChI is InChI=1S/C16H26OS/c1-15(2,3)12-7-8-14(17-9-10-18)13(11-12)16(4,5)6/h7-8,11,18H,9-10H2,1-6H3. The van der Waals surface area contributed by atoms with Crippen molar-refractivity contribution in [2.75, 3.05) is 12.4 Å². The minimum absolute atomic E-state index is 0.0905. The summed E-state index contributed by atoms with van der Waals surface area (Å²) < 4.78 is 5.80. The Morgan fingerprint density at radius 3 is 2.06 bits per heavy atom. The van der Waals surface area contributed by atoms with Crippen molar-refractivity contribution in [1.82, 2.24) is 0 Å². The molecule has 18 heavy (non-hydrogen) atoms. The highest BCUT2D eigenvalue weighted by Crippen LogP contribution is 2.35. The first-order valence-electron chi connectivity index (χ1n) is 6.55. The summed E-state index contributed by atoms with van der Waals surface area (Å²) in [4.78, 5) is 0. The third-order valence-electron chi connectivity index (χ3n) is 3.00. The van der Waals surface area contributed by atoms with E-state index in [1.165, 1.54) is 11.1 Å². The lowest BCUT2D eigenvalue weighted by Crippen LogP contribution is -2.18. The molecule has 1 aromatic rings. The number of benzene rings is 1. The second-order valence-electron chi connectivity index (χ2n) is 6.78. The maximum atomic E-state index is 5.80. The Balaban J connectivity index is 3.21. The fourth-order valence-corrected chi connectivity index (χ4v) is 1.96. The number of hydrogen-bond acceptors (Lipinski definition) is 2.